The third-order valence-electron chi connectivity index (χ3n) is 4.61. The molecule has 2 saturated heterocycles. The van der Waals surface area contributed by atoms with E-state index < -0.39 is 6.04 Å². The highest BCUT2D eigenvalue weighted by Crippen LogP contribution is 2.23. The van der Waals surface area contributed by atoms with Crippen LogP contribution in [0.2, 0.25) is 0 Å². The Hall–Kier alpha value is -1.50. The average Bonchev–Trinajstić information content (AvgIpc) is 3.10. The first-order chi connectivity index (χ1) is 11.7. The molecular formula is C18H25FN2O3. The van der Waals surface area contributed by atoms with Gasteiger partial charge in [-0.3, -0.25) is 9.69 Å². The molecule has 3 rings (SSSR count). The molecule has 0 unspecified atom stereocenters. The number of hydrogen-bond acceptors (Lipinski definition) is 4. The average molecular weight is 336 g/mol. The number of hydrogen-bond donors (Lipinski definition) is 1. The molecule has 24 heavy (non-hydrogen) atoms. The predicted molar refractivity (Wildman–Crippen MR) is 88.1 cm³/mol. The molecule has 2 aliphatic heterocycles. The van der Waals surface area contributed by atoms with Gasteiger partial charge in [0.25, 0.3) is 0 Å². The fourth-order valence-electron chi connectivity index (χ4n) is 3.37. The van der Waals surface area contributed by atoms with Crippen molar-refractivity contribution < 1.29 is 18.7 Å². The molecule has 1 aromatic rings. The van der Waals surface area contributed by atoms with Crippen LogP contribution in [-0.4, -0.2) is 56.4 Å². The molecule has 2 atom stereocenters. The minimum absolute atomic E-state index is 0.0829. The lowest BCUT2D eigenvalue weighted by molar-refractivity contribution is -0.128. The Bertz CT molecular complexity index is 543. The van der Waals surface area contributed by atoms with Crippen LogP contribution in [0.5, 0.6) is 0 Å². The van der Waals surface area contributed by atoms with Crippen molar-refractivity contribution in [2.24, 2.45) is 0 Å². The van der Waals surface area contributed by atoms with Gasteiger partial charge < -0.3 is 14.8 Å². The van der Waals surface area contributed by atoms with Crippen LogP contribution in [0.15, 0.2) is 24.3 Å². The third kappa shape index (κ3) is 4.53. The molecule has 1 N–H and O–H groups in total. The molecule has 132 valence electrons. The molecule has 0 aliphatic carbocycles. The smallest absolute Gasteiger partial charge is 0.241 e. The van der Waals surface area contributed by atoms with Gasteiger partial charge in [-0.25, -0.2) is 4.39 Å². The summed E-state index contributed by atoms with van der Waals surface area (Å²) in [6, 6.07) is 5.82. The van der Waals surface area contributed by atoms with Crippen molar-refractivity contribution in [1.82, 2.24) is 10.2 Å². The van der Waals surface area contributed by atoms with Crippen molar-refractivity contribution in [2.45, 2.75) is 31.4 Å². The molecule has 0 spiro atoms. The second kappa shape index (κ2) is 8.55. The molecule has 6 heteroatoms. The Morgan fingerprint density at radius 2 is 2.17 bits per heavy atom. The van der Waals surface area contributed by atoms with E-state index in [0.717, 1.165) is 25.9 Å². The van der Waals surface area contributed by atoms with Gasteiger partial charge in [0.15, 0.2) is 0 Å². The van der Waals surface area contributed by atoms with Crippen molar-refractivity contribution in [3.63, 3.8) is 0 Å². The second-order valence-corrected chi connectivity index (χ2v) is 6.32. The lowest BCUT2D eigenvalue weighted by Gasteiger charge is -2.33. The first-order valence-corrected chi connectivity index (χ1v) is 8.70. The minimum atomic E-state index is -0.478. The van der Waals surface area contributed by atoms with Gasteiger partial charge in [-0.05, 0) is 37.0 Å². The summed E-state index contributed by atoms with van der Waals surface area (Å²) in [7, 11) is 0. The lowest BCUT2D eigenvalue weighted by atomic mass is 10.0. The first kappa shape index (κ1) is 17.3. The highest BCUT2D eigenvalue weighted by Gasteiger charge is 2.29. The highest BCUT2D eigenvalue weighted by atomic mass is 19.1. The maximum atomic E-state index is 13.6. The molecule has 2 aliphatic rings. The molecule has 1 amide bonds. The molecule has 0 radical (unpaired) electrons. The molecule has 5 nitrogen and oxygen atoms in total. The third-order valence-corrected chi connectivity index (χ3v) is 4.61. The number of benzene rings is 1. The van der Waals surface area contributed by atoms with E-state index in [-0.39, 0.29) is 17.8 Å². The van der Waals surface area contributed by atoms with Crippen LogP contribution in [0.1, 0.15) is 30.9 Å². The summed E-state index contributed by atoms with van der Waals surface area (Å²) in [5, 5.41) is 3.00. The Morgan fingerprint density at radius 1 is 1.33 bits per heavy atom. The summed E-state index contributed by atoms with van der Waals surface area (Å²) in [5.41, 5.74) is 0.687. The van der Waals surface area contributed by atoms with E-state index in [1.807, 2.05) is 6.07 Å². The first-order valence-electron chi connectivity index (χ1n) is 8.70. The zero-order valence-electron chi connectivity index (χ0n) is 13.9. The van der Waals surface area contributed by atoms with Gasteiger partial charge in [0.1, 0.15) is 11.9 Å². The molecule has 2 fully saturated rings. The van der Waals surface area contributed by atoms with E-state index in [0.29, 0.717) is 38.4 Å². The number of halogens is 1. The van der Waals surface area contributed by atoms with Gasteiger partial charge in [0.05, 0.1) is 19.3 Å². The van der Waals surface area contributed by atoms with Gasteiger partial charge in [0.2, 0.25) is 5.91 Å². The van der Waals surface area contributed by atoms with E-state index in [1.54, 1.807) is 6.07 Å². The molecule has 2 heterocycles. The van der Waals surface area contributed by atoms with Crippen molar-refractivity contribution in [1.29, 1.82) is 0 Å². The lowest BCUT2D eigenvalue weighted by Crippen LogP contribution is -2.46. The van der Waals surface area contributed by atoms with Crippen LogP contribution in [0, 0.1) is 5.82 Å². The normalized spacial score (nSPS) is 23.1. The zero-order chi connectivity index (χ0) is 16.8. The SMILES string of the molecule is O=C(NCC[C@@H]1CCCO1)[C@H](c1cccc(F)c1)N1CCOCC1. The number of morpholine rings is 1. The summed E-state index contributed by atoms with van der Waals surface area (Å²) in [5.74, 6) is -0.404. The van der Waals surface area contributed by atoms with Gasteiger partial charge in [-0.2, -0.15) is 0 Å². The summed E-state index contributed by atoms with van der Waals surface area (Å²) < 4.78 is 24.6. The second-order valence-electron chi connectivity index (χ2n) is 6.32. The van der Waals surface area contributed by atoms with Crippen molar-refractivity contribution in [3.8, 4) is 0 Å². The maximum absolute atomic E-state index is 13.6. The van der Waals surface area contributed by atoms with Gasteiger partial charge >= 0.3 is 0 Å². The minimum Gasteiger partial charge on any atom is -0.379 e. The van der Waals surface area contributed by atoms with Crippen LogP contribution in [0.25, 0.3) is 0 Å². The van der Waals surface area contributed by atoms with Crippen LogP contribution < -0.4 is 5.32 Å². The van der Waals surface area contributed by atoms with Crippen molar-refractivity contribution in [2.75, 3.05) is 39.5 Å². The standard InChI is InChI=1S/C18H25FN2O3/c19-15-4-1-3-14(13-15)17(21-8-11-23-12-9-21)18(22)20-7-6-16-5-2-10-24-16/h1,3-4,13,16-17H,2,5-12H2,(H,20,22)/t16-,17-/m0/s1. The van der Waals surface area contributed by atoms with Gasteiger partial charge in [-0.1, -0.05) is 12.1 Å². The largest absolute Gasteiger partial charge is 0.379 e. The fourth-order valence-corrected chi connectivity index (χ4v) is 3.37. The van der Waals surface area contributed by atoms with E-state index in [2.05, 4.69) is 10.2 Å². The number of rotatable bonds is 6. The number of amides is 1. The number of ether oxygens (including phenoxy) is 2. The van der Waals surface area contributed by atoms with E-state index >= 15 is 0 Å². The van der Waals surface area contributed by atoms with Crippen LogP contribution in [0.4, 0.5) is 4.39 Å². The monoisotopic (exact) mass is 336 g/mol. The van der Waals surface area contributed by atoms with E-state index in [1.165, 1.54) is 12.1 Å². The fraction of sp³-hybridized carbons (Fsp3) is 0.611. The zero-order valence-corrected chi connectivity index (χ0v) is 13.9. The number of nitrogens with zero attached hydrogens (tertiary/aromatic N) is 1. The van der Waals surface area contributed by atoms with E-state index in [9.17, 15) is 9.18 Å². The van der Waals surface area contributed by atoms with Crippen LogP contribution in [-0.2, 0) is 14.3 Å². The predicted octanol–water partition coefficient (Wildman–Crippen LogP) is 1.88. The van der Waals surface area contributed by atoms with Crippen molar-refractivity contribution >= 4 is 5.91 Å². The number of carbonyl (C=O) groups is 1. The van der Waals surface area contributed by atoms with Crippen molar-refractivity contribution in [3.05, 3.63) is 35.6 Å². The summed E-state index contributed by atoms with van der Waals surface area (Å²) in [6.45, 7) is 3.92. The topological polar surface area (TPSA) is 50.8 Å². The Kier molecular flexibility index (Phi) is 6.18. The molecule has 1 aromatic carbocycles. The molecular weight excluding hydrogens is 311 g/mol. The van der Waals surface area contributed by atoms with Crippen LogP contribution >= 0.6 is 0 Å². The number of nitrogens with one attached hydrogen (secondary N) is 1. The Balaban J connectivity index is 1.64. The Labute approximate surface area is 142 Å². The van der Waals surface area contributed by atoms with Gasteiger partial charge in [-0.15, -0.1) is 0 Å². The quantitative estimate of drug-likeness (QED) is 0.862. The molecule has 0 aromatic heterocycles. The van der Waals surface area contributed by atoms with Crippen LogP contribution in [0.3, 0.4) is 0 Å². The summed E-state index contributed by atoms with van der Waals surface area (Å²) in [6.07, 6.45) is 3.23. The molecule has 0 bridgehead atoms. The Morgan fingerprint density at radius 3 is 2.88 bits per heavy atom. The summed E-state index contributed by atoms with van der Waals surface area (Å²) >= 11 is 0. The summed E-state index contributed by atoms with van der Waals surface area (Å²) in [4.78, 5) is 14.8. The highest BCUT2D eigenvalue weighted by molar-refractivity contribution is 5.83. The van der Waals surface area contributed by atoms with Gasteiger partial charge in [0, 0.05) is 26.2 Å². The number of carbonyl (C=O) groups excluding carboxylic acids is 1. The van der Waals surface area contributed by atoms with E-state index in [4.69, 9.17) is 9.47 Å². The molecule has 0 saturated carbocycles. The maximum Gasteiger partial charge on any atom is 0.241 e.